The fourth-order valence-electron chi connectivity index (χ4n) is 2.46. The minimum Gasteiger partial charge on any atom is -0.486 e. The predicted octanol–water partition coefficient (Wildman–Crippen LogP) is 1.55. The number of ether oxygens (including phenoxy) is 2. The molecule has 0 spiro atoms. The van der Waals surface area contributed by atoms with Crippen LogP contribution < -0.4 is 9.47 Å². The Kier molecular flexibility index (Phi) is 3.02. The molecule has 1 aromatic heterocycles. The Balaban J connectivity index is 2.22. The zero-order valence-electron chi connectivity index (χ0n) is 11.0. The van der Waals surface area contributed by atoms with Crippen molar-refractivity contribution < 1.29 is 24.5 Å². The van der Waals surface area contributed by atoms with Crippen molar-refractivity contribution in [3.8, 4) is 11.5 Å². The van der Waals surface area contributed by atoms with Gasteiger partial charge in [0.1, 0.15) is 19.8 Å². The van der Waals surface area contributed by atoms with E-state index >= 15 is 0 Å². The SMILES string of the molecule is CC(O)c1cn(CC(=O)O)c2cc3c(cc12)OCCO3. The van der Waals surface area contributed by atoms with Crippen molar-refractivity contribution in [2.24, 2.45) is 0 Å². The Bertz CT molecular complexity index is 674. The third-order valence-corrected chi connectivity index (χ3v) is 3.33. The molecule has 0 amide bonds. The molecule has 3 rings (SSSR count). The molecule has 6 nitrogen and oxygen atoms in total. The number of nitrogens with zero attached hydrogens (tertiary/aromatic N) is 1. The van der Waals surface area contributed by atoms with Crippen LogP contribution in [-0.4, -0.2) is 34.0 Å². The molecule has 2 heterocycles. The van der Waals surface area contributed by atoms with E-state index in [2.05, 4.69) is 0 Å². The highest BCUT2D eigenvalue weighted by molar-refractivity contribution is 5.88. The van der Waals surface area contributed by atoms with Crippen molar-refractivity contribution in [2.45, 2.75) is 19.6 Å². The van der Waals surface area contributed by atoms with Gasteiger partial charge in [0, 0.05) is 23.2 Å². The lowest BCUT2D eigenvalue weighted by atomic mass is 10.1. The molecule has 0 bridgehead atoms. The molecule has 0 saturated carbocycles. The van der Waals surface area contributed by atoms with Gasteiger partial charge >= 0.3 is 5.97 Å². The smallest absolute Gasteiger partial charge is 0.323 e. The van der Waals surface area contributed by atoms with E-state index < -0.39 is 12.1 Å². The topological polar surface area (TPSA) is 80.9 Å². The van der Waals surface area contributed by atoms with Gasteiger partial charge in [0.15, 0.2) is 11.5 Å². The Hall–Kier alpha value is -2.21. The van der Waals surface area contributed by atoms with Crippen molar-refractivity contribution in [1.29, 1.82) is 0 Å². The van der Waals surface area contributed by atoms with Gasteiger partial charge in [-0.25, -0.2) is 0 Å². The average Bonchev–Trinajstić information content (AvgIpc) is 2.74. The first-order valence-corrected chi connectivity index (χ1v) is 6.38. The zero-order chi connectivity index (χ0) is 14.3. The van der Waals surface area contributed by atoms with E-state index in [1.807, 2.05) is 0 Å². The number of fused-ring (bicyclic) bond motifs is 2. The van der Waals surface area contributed by atoms with Crippen LogP contribution in [0.5, 0.6) is 11.5 Å². The Morgan fingerprint density at radius 1 is 1.35 bits per heavy atom. The van der Waals surface area contributed by atoms with Crippen molar-refractivity contribution in [3.63, 3.8) is 0 Å². The van der Waals surface area contributed by atoms with E-state index in [1.54, 1.807) is 29.8 Å². The van der Waals surface area contributed by atoms with Gasteiger partial charge in [-0.2, -0.15) is 0 Å². The van der Waals surface area contributed by atoms with Crippen LogP contribution in [0.3, 0.4) is 0 Å². The molecule has 2 N–H and O–H groups in total. The third-order valence-electron chi connectivity index (χ3n) is 3.33. The largest absolute Gasteiger partial charge is 0.486 e. The van der Waals surface area contributed by atoms with Crippen LogP contribution in [-0.2, 0) is 11.3 Å². The van der Waals surface area contributed by atoms with Crippen LogP contribution in [0.15, 0.2) is 18.3 Å². The number of carboxylic acid groups (broad SMARTS) is 1. The molecular formula is C14H15NO5. The molecule has 1 aromatic carbocycles. The summed E-state index contributed by atoms with van der Waals surface area (Å²) in [5.41, 5.74) is 1.39. The van der Waals surface area contributed by atoms with E-state index in [9.17, 15) is 9.90 Å². The second-order valence-corrected chi connectivity index (χ2v) is 4.80. The molecule has 0 aliphatic carbocycles. The van der Waals surface area contributed by atoms with E-state index in [-0.39, 0.29) is 6.54 Å². The van der Waals surface area contributed by atoms with Gasteiger partial charge < -0.3 is 24.3 Å². The van der Waals surface area contributed by atoms with Gasteiger partial charge in [0.25, 0.3) is 0 Å². The first-order chi connectivity index (χ1) is 9.56. The summed E-state index contributed by atoms with van der Waals surface area (Å²) in [5, 5.41) is 19.6. The standard InChI is InChI=1S/C14H15NO5/c1-8(16)10-6-15(7-14(17)18)11-5-13-12(4-9(10)11)19-2-3-20-13/h4-6,8,16H,2-3,7H2,1H3,(H,17,18). The first kappa shape index (κ1) is 12.8. The molecule has 1 unspecified atom stereocenters. The lowest BCUT2D eigenvalue weighted by Crippen LogP contribution is -2.15. The van der Waals surface area contributed by atoms with E-state index in [0.717, 1.165) is 5.39 Å². The van der Waals surface area contributed by atoms with Crippen LogP contribution in [0.4, 0.5) is 0 Å². The summed E-state index contributed by atoms with van der Waals surface area (Å²) in [7, 11) is 0. The van der Waals surface area contributed by atoms with Gasteiger partial charge in [0.2, 0.25) is 0 Å². The van der Waals surface area contributed by atoms with Crippen molar-refractivity contribution in [3.05, 3.63) is 23.9 Å². The number of hydrogen-bond donors (Lipinski definition) is 2. The number of carbonyl (C=O) groups is 1. The highest BCUT2D eigenvalue weighted by Gasteiger charge is 2.19. The summed E-state index contributed by atoms with van der Waals surface area (Å²) in [6, 6.07) is 3.56. The summed E-state index contributed by atoms with van der Waals surface area (Å²) < 4.78 is 12.6. The van der Waals surface area contributed by atoms with Gasteiger partial charge in [-0.1, -0.05) is 0 Å². The maximum Gasteiger partial charge on any atom is 0.323 e. The van der Waals surface area contributed by atoms with Crippen LogP contribution >= 0.6 is 0 Å². The number of aliphatic carboxylic acids is 1. The molecule has 0 radical (unpaired) electrons. The van der Waals surface area contributed by atoms with Crippen molar-refractivity contribution in [2.75, 3.05) is 13.2 Å². The van der Waals surface area contributed by atoms with Gasteiger partial charge in [-0.05, 0) is 13.0 Å². The fraction of sp³-hybridized carbons (Fsp3) is 0.357. The highest BCUT2D eigenvalue weighted by atomic mass is 16.6. The monoisotopic (exact) mass is 277 g/mol. The summed E-state index contributed by atoms with van der Waals surface area (Å²) in [5.74, 6) is 0.290. The van der Waals surface area contributed by atoms with Crippen LogP contribution in [0, 0.1) is 0 Å². The minimum atomic E-state index is -0.936. The van der Waals surface area contributed by atoms with Crippen molar-refractivity contribution in [1.82, 2.24) is 4.57 Å². The highest BCUT2D eigenvalue weighted by Crippen LogP contribution is 2.38. The van der Waals surface area contributed by atoms with Crippen LogP contribution in [0.2, 0.25) is 0 Å². The predicted molar refractivity (Wildman–Crippen MR) is 71.2 cm³/mol. The number of aromatic nitrogens is 1. The van der Waals surface area contributed by atoms with Gasteiger partial charge in [0.05, 0.1) is 11.6 Å². The Labute approximate surface area is 115 Å². The number of carboxylic acids is 1. The average molecular weight is 277 g/mol. The number of benzene rings is 1. The number of rotatable bonds is 3. The number of hydrogen-bond acceptors (Lipinski definition) is 4. The molecule has 20 heavy (non-hydrogen) atoms. The minimum absolute atomic E-state index is 0.164. The molecule has 1 aliphatic rings. The van der Waals surface area contributed by atoms with Gasteiger partial charge in [-0.15, -0.1) is 0 Å². The molecule has 1 aliphatic heterocycles. The number of aliphatic hydroxyl groups is 1. The van der Waals surface area contributed by atoms with E-state index in [1.165, 1.54) is 0 Å². The third kappa shape index (κ3) is 2.08. The summed E-state index contributed by atoms with van der Waals surface area (Å²) in [6.45, 7) is 2.44. The second kappa shape index (κ2) is 4.72. The fourth-order valence-corrected chi connectivity index (χ4v) is 2.46. The molecule has 0 saturated heterocycles. The summed E-state index contributed by atoms with van der Waals surface area (Å²) >= 11 is 0. The first-order valence-electron chi connectivity index (χ1n) is 6.38. The zero-order valence-corrected chi connectivity index (χ0v) is 11.0. The Morgan fingerprint density at radius 2 is 2.00 bits per heavy atom. The van der Waals surface area contributed by atoms with E-state index in [4.69, 9.17) is 14.6 Å². The summed E-state index contributed by atoms with van der Waals surface area (Å²) in [4.78, 5) is 10.9. The van der Waals surface area contributed by atoms with Crippen molar-refractivity contribution >= 4 is 16.9 Å². The maximum atomic E-state index is 10.9. The molecular weight excluding hydrogens is 262 g/mol. The number of aliphatic hydroxyl groups excluding tert-OH is 1. The molecule has 0 fully saturated rings. The summed E-state index contributed by atoms with van der Waals surface area (Å²) in [6.07, 6.45) is 0.977. The lowest BCUT2D eigenvalue weighted by Gasteiger charge is -2.18. The van der Waals surface area contributed by atoms with Crippen LogP contribution in [0.1, 0.15) is 18.6 Å². The van der Waals surface area contributed by atoms with E-state index in [0.29, 0.717) is 35.8 Å². The molecule has 1 atom stereocenters. The molecule has 106 valence electrons. The molecule has 6 heteroatoms. The lowest BCUT2D eigenvalue weighted by molar-refractivity contribution is -0.137. The molecule has 2 aromatic rings. The maximum absolute atomic E-state index is 10.9. The van der Waals surface area contributed by atoms with Crippen LogP contribution in [0.25, 0.3) is 10.9 Å². The quantitative estimate of drug-likeness (QED) is 0.889. The van der Waals surface area contributed by atoms with Gasteiger partial charge in [-0.3, -0.25) is 4.79 Å². The Morgan fingerprint density at radius 3 is 2.60 bits per heavy atom. The normalized spacial score (nSPS) is 15.3. The second-order valence-electron chi connectivity index (χ2n) is 4.80.